The van der Waals surface area contributed by atoms with E-state index in [4.69, 9.17) is 5.26 Å². The lowest BCUT2D eigenvalue weighted by molar-refractivity contribution is 1.15. The van der Waals surface area contributed by atoms with Gasteiger partial charge in [0.2, 0.25) is 0 Å². The van der Waals surface area contributed by atoms with E-state index >= 15 is 0 Å². The predicted molar refractivity (Wildman–Crippen MR) is 49.8 cm³/mol. The molecule has 0 radical (unpaired) electrons. The largest absolute Gasteiger partial charge is 0.310 e. The zero-order valence-corrected chi connectivity index (χ0v) is 7.75. The minimum Gasteiger partial charge on any atom is -0.310 e. The third-order valence-electron chi connectivity index (χ3n) is 1.71. The van der Waals surface area contributed by atoms with E-state index < -0.39 is 0 Å². The van der Waals surface area contributed by atoms with Crippen LogP contribution in [0.2, 0.25) is 0 Å². The molecule has 58 valence electrons. The summed E-state index contributed by atoms with van der Waals surface area (Å²) in [5.74, 6) is 0. The predicted octanol–water partition coefficient (Wildman–Crippen LogP) is 2.57. The smallest absolute Gasteiger partial charge is 0.101 e. The van der Waals surface area contributed by atoms with Crippen molar-refractivity contribution < 1.29 is 0 Å². The minimum absolute atomic E-state index is 0.682. The number of nitriles is 1. The Morgan fingerprint density at radius 1 is 1.42 bits per heavy atom. The lowest BCUT2D eigenvalue weighted by atomic mass is 10.3. The van der Waals surface area contributed by atoms with Gasteiger partial charge in [0.25, 0.3) is 0 Å². The summed E-state index contributed by atoms with van der Waals surface area (Å²) in [5, 5.41) is 8.65. The average Bonchev–Trinajstić information content (AvgIpc) is 2.49. The molecule has 2 heterocycles. The number of hydrogen-bond donors (Lipinski definition) is 0. The van der Waals surface area contributed by atoms with Crippen LogP contribution in [0.3, 0.4) is 0 Å². The molecule has 0 unspecified atom stereocenters. The maximum Gasteiger partial charge on any atom is 0.101 e. The molecule has 3 heteroatoms. The molecule has 0 N–H and O–H groups in total. The summed E-state index contributed by atoms with van der Waals surface area (Å²) in [4.78, 5) is 0. The standard InChI is InChI=1S/C9H5BrN2/c10-9-3-1-2-8-4-7(5-11)6-12(8)9/h1-4,6H. The summed E-state index contributed by atoms with van der Waals surface area (Å²) in [7, 11) is 0. The third kappa shape index (κ3) is 1.01. The highest BCUT2D eigenvalue weighted by Crippen LogP contribution is 2.16. The summed E-state index contributed by atoms with van der Waals surface area (Å²) >= 11 is 3.39. The molecule has 0 atom stereocenters. The van der Waals surface area contributed by atoms with Crippen molar-refractivity contribution in [1.29, 1.82) is 5.26 Å². The molecule has 2 aromatic heterocycles. The van der Waals surface area contributed by atoms with Crippen LogP contribution >= 0.6 is 15.9 Å². The first-order chi connectivity index (χ1) is 5.81. The number of halogens is 1. The van der Waals surface area contributed by atoms with Gasteiger partial charge in [-0.2, -0.15) is 5.26 Å². The average molecular weight is 221 g/mol. The van der Waals surface area contributed by atoms with Crippen LogP contribution in [-0.4, -0.2) is 4.40 Å². The van der Waals surface area contributed by atoms with Crippen LogP contribution < -0.4 is 0 Å². The van der Waals surface area contributed by atoms with E-state index in [-0.39, 0.29) is 0 Å². The summed E-state index contributed by atoms with van der Waals surface area (Å²) < 4.78 is 2.89. The van der Waals surface area contributed by atoms with Crippen LogP contribution in [0.15, 0.2) is 35.1 Å². The number of nitrogens with zero attached hydrogens (tertiary/aromatic N) is 2. The lowest BCUT2D eigenvalue weighted by Gasteiger charge is -1.95. The van der Waals surface area contributed by atoms with Gasteiger partial charge >= 0.3 is 0 Å². The van der Waals surface area contributed by atoms with Gasteiger partial charge in [-0.05, 0) is 34.1 Å². The molecule has 0 saturated carbocycles. The second kappa shape index (κ2) is 2.65. The van der Waals surface area contributed by atoms with Gasteiger partial charge in [0.15, 0.2) is 0 Å². The van der Waals surface area contributed by atoms with Crippen LogP contribution in [0.25, 0.3) is 5.52 Å². The van der Waals surface area contributed by atoms with E-state index in [0.29, 0.717) is 5.56 Å². The molecule has 0 spiro atoms. The number of aromatic nitrogens is 1. The summed E-state index contributed by atoms with van der Waals surface area (Å²) in [5.41, 5.74) is 1.71. The van der Waals surface area contributed by atoms with Gasteiger partial charge in [-0.25, -0.2) is 0 Å². The highest BCUT2D eigenvalue weighted by atomic mass is 79.9. The van der Waals surface area contributed by atoms with E-state index in [1.54, 1.807) is 6.20 Å². The van der Waals surface area contributed by atoms with Crippen molar-refractivity contribution >= 4 is 21.4 Å². The van der Waals surface area contributed by atoms with E-state index in [2.05, 4.69) is 22.0 Å². The van der Waals surface area contributed by atoms with Gasteiger partial charge in [-0.3, -0.25) is 0 Å². The number of rotatable bonds is 0. The Morgan fingerprint density at radius 3 is 2.92 bits per heavy atom. The van der Waals surface area contributed by atoms with Gasteiger partial charge in [0, 0.05) is 11.7 Å². The fourth-order valence-corrected chi connectivity index (χ4v) is 1.62. The molecule has 0 amide bonds. The molecule has 0 bridgehead atoms. The minimum atomic E-state index is 0.682. The van der Waals surface area contributed by atoms with Crippen LogP contribution in [0.4, 0.5) is 0 Å². The Kier molecular flexibility index (Phi) is 1.63. The molecule has 2 nitrogen and oxygen atoms in total. The SMILES string of the molecule is N#Cc1cc2cccc(Br)n2c1. The van der Waals surface area contributed by atoms with E-state index in [1.807, 2.05) is 28.7 Å². The molecule has 0 saturated heterocycles. The zero-order valence-electron chi connectivity index (χ0n) is 6.16. The Bertz CT molecular complexity index is 465. The van der Waals surface area contributed by atoms with E-state index in [1.165, 1.54) is 0 Å². The molecule has 12 heavy (non-hydrogen) atoms. The van der Waals surface area contributed by atoms with Gasteiger partial charge in [0.05, 0.1) is 10.2 Å². The van der Waals surface area contributed by atoms with Crippen molar-refractivity contribution in [2.24, 2.45) is 0 Å². The van der Waals surface area contributed by atoms with Gasteiger partial charge in [-0.1, -0.05) is 6.07 Å². The van der Waals surface area contributed by atoms with Crippen LogP contribution in [0.1, 0.15) is 5.56 Å². The molecule has 2 aromatic rings. The highest BCUT2D eigenvalue weighted by Gasteiger charge is 1.99. The molecular weight excluding hydrogens is 216 g/mol. The maximum atomic E-state index is 8.65. The zero-order chi connectivity index (χ0) is 8.55. The Morgan fingerprint density at radius 2 is 2.25 bits per heavy atom. The van der Waals surface area contributed by atoms with E-state index in [9.17, 15) is 0 Å². The third-order valence-corrected chi connectivity index (χ3v) is 2.36. The molecule has 0 aliphatic heterocycles. The number of pyridine rings is 1. The second-order valence-corrected chi connectivity index (χ2v) is 3.30. The molecule has 0 aliphatic rings. The summed E-state index contributed by atoms with van der Waals surface area (Å²) in [6.07, 6.45) is 1.80. The Balaban J connectivity index is 2.85. The molecule has 2 rings (SSSR count). The van der Waals surface area contributed by atoms with Crippen LogP contribution in [0, 0.1) is 11.3 Å². The first kappa shape index (κ1) is 7.38. The van der Waals surface area contributed by atoms with Crippen LogP contribution in [-0.2, 0) is 0 Å². The topological polar surface area (TPSA) is 28.2 Å². The second-order valence-electron chi connectivity index (χ2n) is 2.48. The van der Waals surface area contributed by atoms with Crippen molar-refractivity contribution in [3.05, 3.63) is 40.6 Å². The molecule has 0 aromatic carbocycles. The fourth-order valence-electron chi connectivity index (χ4n) is 1.16. The molecular formula is C9H5BrN2. The first-order valence-corrected chi connectivity index (χ1v) is 4.27. The normalized spacial score (nSPS) is 10.0. The van der Waals surface area contributed by atoms with Crippen molar-refractivity contribution in [3.63, 3.8) is 0 Å². The quantitative estimate of drug-likeness (QED) is 0.628. The van der Waals surface area contributed by atoms with Crippen molar-refractivity contribution in [3.8, 4) is 6.07 Å². The monoisotopic (exact) mass is 220 g/mol. The van der Waals surface area contributed by atoms with Crippen LogP contribution in [0.5, 0.6) is 0 Å². The lowest BCUT2D eigenvalue weighted by Crippen LogP contribution is -1.81. The van der Waals surface area contributed by atoms with Gasteiger partial charge in [0.1, 0.15) is 6.07 Å². The van der Waals surface area contributed by atoms with Crippen molar-refractivity contribution in [2.45, 2.75) is 0 Å². The molecule has 0 aliphatic carbocycles. The maximum absolute atomic E-state index is 8.65. The molecule has 0 fully saturated rings. The van der Waals surface area contributed by atoms with Crippen molar-refractivity contribution in [2.75, 3.05) is 0 Å². The summed E-state index contributed by atoms with van der Waals surface area (Å²) in [6, 6.07) is 9.80. The van der Waals surface area contributed by atoms with E-state index in [0.717, 1.165) is 10.1 Å². The summed E-state index contributed by atoms with van der Waals surface area (Å²) in [6.45, 7) is 0. The van der Waals surface area contributed by atoms with Gasteiger partial charge in [-0.15, -0.1) is 0 Å². The van der Waals surface area contributed by atoms with Crippen molar-refractivity contribution in [1.82, 2.24) is 4.40 Å². The Labute approximate surface area is 78.2 Å². The Hall–Kier alpha value is -1.27. The number of fused-ring (bicyclic) bond motifs is 1. The highest BCUT2D eigenvalue weighted by molar-refractivity contribution is 9.10. The van der Waals surface area contributed by atoms with Gasteiger partial charge < -0.3 is 4.40 Å². The number of hydrogen-bond acceptors (Lipinski definition) is 1. The first-order valence-electron chi connectivity index (χ1n) is 3.48. The fraction of sp³-hybridized carbons (Fsp3) is 0.